The van der Waals surface area contributed by atoms with Gasteiger partial charge < -0.3 is 24.3 Å². The molecule has 0 spiro atoms. The van der Waals surface area contributed by atoms with E-state index < -0.39 is 23.4 Å². The standard InChI is InChI=1S/C25H23ClN2O8/c1-15-10-20(28(31)32)22(33-2)12-19(15)27-24(29)14-36-25(30)16-8-9-21(23(11-16)34-3)35-13-17-6-4-5-7-18(17)26/h4-12H,13-14H2,1-3H3,(H,27,29). The lowest BCUT2D eigenvalue weighted by Crippen LogP contribution is -2.21. The Morgan fingerprint density at radius 2 is 1.72 bits per heavy atom. The zero-order chi connectivity index (χ0) is 26.2. The summed E-state index contributed by atoms with van der Waals surface area (Å²) in [5, 5.41) is 14.2. The van der Waals surface area contributed by atoms with Crippen LogP contribution in [-0.2, 0) is 16.1 Å². The highest BCUT2D eigenvalue weighted by Crippen LogP contribution is 2.33. The number of rotatable bonds is 10. The molecule has 0 fully saturated rings. The van der Waals surface area contributed by atoms with Gasteiger partial charge in [0.05, 0.1) is 24.7 Å². The third-order valence-electron chi connectivity index (χ3n) is 5.07. The van der Waals surface area contributed by atoms with Crippen molar-refractivity contribution in [3.05, 3.63) is 86.4 Å². The van der Waals surface area contributed by atoms with Crippen LogP contribution in [0.4, 0.5) is 11.4 Å². The van der Waals surface area contributed by atoms with Crippen LogP contribution in [0.2, 0.25) is 5.02 Å². The zero-order valence-electron chi connectivity index (χ0n) is 19.7. The van der Waals surface area contributed by atoms with E-state index in [1.165, 1.54) is 38.5 Å². The van der Waals surface area contributed by atoms with Crippen molar-refractivity contribution in [1.29, 1.82) is 0 Å². The summed E-state index contributed by atoms with van der Waals surface area (Å²) < 4.78 is 21.2. The van der Waals surface area contributed by atoms with Gasteiger partial charge in [-0.3, -0.25) is 14.9 Å². The summed E-state index contributed by atoms with van der Waals surface area (Å²) in [5.74, 6) is -0.696. The van der Waals surface area contributed by atoms with Crippen molar-refractivity contribution in [1.82, 2.24) is 0 Å². The Balaban J connectivity index is 1.62. The Labute approximate surface area is 211 Å². The first kappa shape index (κ1) is 26.3. The molecule has 1 amide bonds. The van der Waals surface area contributed by atoms with Gasteiger partial charge >= 0.3 is 11.7 Å². The maximum absolute atomic E-state index is 12.5. The Morgan fingerprint density at radius 1 is 1.00 bits per heavy atom. The Kier molecular flexibility index (Phi) is 8.69. The van der Waals surface area contributed by atoms with Gasteiger partial charge in [-0.25, -0.2) is 4.79 Å². The summed E-state index contributed by atoms with van der Waals surface area (Å²) in [5.41, 5.74) is 1.45. The van der Waals surface area contributed by atoms with Gasteiger partial charge in [0, 0.05) is 28.4 Å². The molecule has 0 radical (unpaired) electrons. The normalized spacial score (nSPS) is 10.3. The number of nitrogens with one attached hydrogen (secondary N) is 1. The van der Waals surface area contributed by atoms with Crippen molar-refractivity contribution in [3.8, 4) is 17.2 Å². The first-order valence-electron chi connectivity index (χ1n) is 10.6. The van der Waals surface area contributed by atoms with Crippen LogP contribution in [0.1, 0.15) is 21.5 Å². The molecule has 10 nitrogen and oxygen atoms in total. The lowest BCUT2D eigenvalue weighted by Gasteiger charge is -2.13. The number of methoxy groups -OCH3 is 2. The highest BCUT2D eigenvalue weighted by Gasteiger charge is 2.19. The van der Waals surface area contributed by atoms with E-state index in [1.54, 1.807) is 19.1 Å². The number of ether oxygens (including phenoxy) is 4. The second-order valence-corrected chi connectivity index (χ2v) is 7.87. The number of esters is 1. The fourth-order valence-corrected chi connectivity index (χ4v) is 3.39. The van der Waals surface area contributed by atoms with Crippen LogP contribution in [0.5, 0.6) is 17.2 Å². The van der Waals surface area contributed by atoms with Gasteiger partial charge in [0.1, 0.15) is 6.61 Å². The number of amides is 1. The summed E-state index contributed by atoms with van der Waals surface area (Å²) in [7, 11) is 2.72. The Bertz CT molecular complexity index is 1300. The van der Waals surface area contributed by atoms with E-state index in [0.29, 0.717) is 27.8 Å². The van der Waals surface area contributed by atoms with E-state index in [0.717, 1.165) is 5.56 Å². The van der Waals surface area contributed by atoms with Crippen molar-refractivity contribution in [2.24, 2.45) is 0 Å². The highest BCUT2D eigenvalue weighted by molar-refractivity contribution is 6.31. The summed E-state index contributed by atoms with van der Waals surface area (Å²) >= 11 is 6.15. The molecule has 3 aromatic rings. The molecule has 0 heterocycles. The lowest BCUT2D eigenvalue weighted by molar-refractivity contribution is -0.385. The van der Waals surface area contributed by atoms with Crippen LogP contribution in [0.15, 0.2) is 54.6 Å². The maximum Gasteiger partial charge on any atom is 0.338 e. The number of carbonyl (C=O) groups excluding carboxylic acids is 2. The number of hydrogen-bond acceptors (Lipinski definition) is 8. The van der Waals surface area contributed by atoms with Crippen LogP contribution in [0.25, 0.3) is 0 Å². The van der Waals surface area contributed by atoms with Crippen LogP contribution in [0.3, 0.4) is 0 Å². The van der Waals surface area contributed by atoms with Gasteiger partial charge in [-0.05, 0) is 36.8 Å². The average molecular weight is 515 g/mol. The second kappa shape index (κ2) is 11.9. The second-order valence-electron chi connectivity index (χ2n) is 7.47. The quantitative estimate of drug-likeness (QED) is 0.229. The number of anilines is 1. The average Bonchev–Trinajstić information content (AvgIpc) is 2.87. The number of nitro groups is 1. The largest absolute Gasteiger partial charge is 0.493 e. The molecule has 3 aromatic carbocycles. The molecule has 0 saturated carbocycles. The number of aryl methyl sites for hydroxylation is 1. The first-order valence-corrected chi connectivity index (χ1v) is 11.0. The molecular formula is C25H23ClN2O8. The maximum atomic E-state index is 12.5. The topological polar surface area (TPSA) is 126 Å². The first-order chi connectivity index (χ1) is 17.2. The third-order valence-corrected chi connectivity index (χ3v) is 5.44. The number of carbonyl (C=O) groups is 2. The highest BCUT2D eigenvalue weighted by atomic mass is 35.5. The van der Waals surface area contributed by atoms with E-state index in [2.05, 4.69) is 5.32 Å². The van der Waals surface area contributed by atoms with Gasteiger partial charge in [-0.15, -0.1) is 0 Å². The fraction of sp³-hybridized carbons (Fsp3) is 0.200. The number of hydrogen-bond donors (Lipinski definition) is 1. The van der Waals surface area contributed by atoms with Gasteiger partial charge in [0.25, 0.3) is 5.91 Å². The van der Waals surface area contributed by atoms with E-state index in [1.807, 2.05) is 18.2 Å². The zero-order valence-corrected chi connectivity index (χ0v) is 20.5. The van der Waals surface area contributed by atoms with Gasteiger partial charge in [-0.1, -0.05) is 29.8 Å². The molecule has 36 heavy (non-hydrogen) atoms. The van der Waals surface area contributed by atoms with Crippen LogP contribution >= 0.6 is 11.6 Å². The summed E-state index contributed by atoms with van der Waals surface area (Å²) in [4.78, 5) is 35.3. The monoisotopic (exact) mass is 514 g/mol. The van der Waals surface area contributed by atoms with Crippen molar-refractivity contribution in [2.75, 3.05) is 26.1 Å². The van der Waals surface area contributed by atoms with E-state index in [4.69, 9.17) is 30.5 Å². The predicted octanol–water partition coefficient (Wildman–Crippen LogP) is 4.95. The minimum Gasteiger partial charge on any atom is -0.493 e. The smallest absolute Gasteiger partial charge is 0.338 e. The minimum atomic E-state index is -0.751. The SMILES string of the molecule is COc1cc(C(=O)OCC(=O)Nc2cc(OC)c([N+](=O)[O-])cc2C)ccc1OCc1ccccc1Cl. The van der Waals surface area contributed by atoms with Crippen molar-refractivity contribution in [3.63, 3.8) is 0 Å². The van der Waals surface area contributed by atoms with Gasteiger partial charge in [0.2, 0.25) is 0 Å². The molecule has 188 valence electrons. The van der Waals surface area contributed by atoms with Gasteiger partial charge in [0.15, 0.2) is 23.9 Å². The van der Waals surface area contributed by atoms with Crippen molar-refractivity contribution < 1.29 is 33.5 Å². The minimum absolute atomic E-state index is 0.0122. The number of nitro benzene ring substituents is 1. The number of nitrogens with zero attached hydrogens (tertiary/aromatic N) is 1. The number of halogens is 1. The third kappa shape index (κ3) is 6.42. The molecule has 0 aliphatic carbocycles. The molecule has 11 heteroatoms. The molecular weight excluding hydrogens is 492 g/mol. The lowest BCUT2D eigenvalue weighted by atomic mass is 10.1. The van der Waals surface area contributed by atoms with E-state index in [9.17, 15) is 19.7 Å². The van der Waals surface area contributed by atoms with Crippen LogP contribution in [0, 0.1) is 17.0 Å². The molecule has 0 aromatic heterocycles. The fourth-order valence-electron chi connectivity index (χ4n) is 3.20. The van der Waals surface area contributed by atoms with Crippen molar-refractivity contribution in [2.45, 2.75) is 13.5 Å². The number of benzene rings is 3. The molecule has 0 unspecified atom stereocenters. The van der Waals surface area contributed by atoms with Crippen LogP contribution in [-0.4, -0.2) is 37.6 Å². The van der Waals surface area contributed by atoms with Gasteiger partial charge in [-0.2, -0.15) is 0 Å². The van der Waals surface area contributed by atoms with Crippen LogP contribution < -0.4 is 19.5 Å². The summed E-state index contributed by atoms with van der Waals surface area (Å²) in [6.07, 6.45) is 0. The molecule has 0 atom stereocenters. The van der Waals surface area contributed by atoms with E-state index in [-0.39, 0.29) is 23.6 Å². The molecule has 1 N–H and O–H groups in total. The Morgan fingerprint density at radius 3 is 2.39 bits per heavy atom. The van der Waals surface area contributed by atoms with E-state index >= 15 is 0 Å². The molecule has 0 aliphatic rings. The van der Waals surface area contributed by atoms with Crippen molar-refractivity contribution >= 4 is 34.9 Å². The molecule has 0 aliphatic heterocycles. The summed E-state index contributed by atoms with van der Waals surface area (Å²) in [6, 6.07) is 14.3. The molecule has 3 rings (SSSR count). The molecule has 0 bridgehead atoms. The predicted molar refractivity (Wildman–Crippen MR) is 132 cm³/mol. The summed E-state index contributed by atoms with van der Waals surface area (Å²) in [6.45, 7) is 1.22. The Hall–Kier alpha value is -4.31. The molecule has 0 saturated heterocycles.